The van der Waals surface area contributed by atoms with Crippen molar-refractivity contribution in [2.45, 2.75) is 40.0 Å². The zero-order chi connectivity index (χ0) is 17.7. The van der Waals surface area contributed by atoms with Gasteiger partial charge in [-0.15, -0.1) is 0 Å². The van der Waals surface area contributed by atoms with Crippen molar-refractivity contribution < 1.29 is 9.59 Å². The zero-order valence-corrected chi connectivity index (χ0v) is 15.3. The molecule has 0 unspecified atom stereocenters. The van der Waals surface area contributed by atoms with Crippen LogP contribution in [-0.2, 0) is 4.79 Å². The topological polar surface area (TPSA) is 61.4 Å². The fourth-order valence-corrected chi connectivity index (χ4v) is 2.69. The summed E-state index contributed by atoms with van der Waals surface area (Å²) in [5.41, 5.74) is 0.661. The van der Waals surface area contributed by atoms with E-state index in [0.29, 0.717) is 11.3 Å². The van der Waals surface area contributed by atoms with Crippen LogP contribution in [0.25, 0.3) is 0 Å². The lowest BCUT2D eigenvalue weighted by Crippen LogP contribution is -2.41. The van der Waals surface area contributed by atoms with Crippen LogP contribution in [0.2, 0.25) is 0 Å². The predicted octanol–water partition coefficient (Wildman–Crippen LogP) is 3.17. The molecule has 0 radical (unpaired) electrons. The Morgan fingerprint density at radius 1 is 1.08 bits per heavy atom. The maximum Gasteiger partial charge on any atom is 0.255 e. The van der Waals surface area contributed by atoms with Crippen molar-refractivity contribution >= 4 is 34.8 Å². The number of anilines is 1. The summed E-state index contributed by atoms with van der Waals surface area (Å²) >= 11 is 5.22. The minimum absolute atomic E-state index is 0.00254. The van der Waals surface area contributed by atoms with Crippen LogP contribution in [-0.4, -0.2) is 34.9 Å². The number of nitrogens with zero attached hydrogens (tertiary/aromatic N) is 1. The van der Waals surface area contributed by atoms with E-state index in [2.05, 4.69) is 10.6 Å². The number of nitrogens with one attached hydrogen (secondary N) is 2. The Labute approximate surface area is 148 Å². The molecule has 1 aliphatic heterocycles. The second-order valence-corrected chi connectivity index (χ2v) is 7.46. The van der Waals surface area contributed by atoms with Crippen LogP contribution in [0.3, 0.4) is 0 Å². The molecule has 0 aliphatic carbocycles. The molecule has 2 rings (SSSR count). The predicted molar refractivity (Wildman–Crippen MR) is 100 cm³/mol. The Morgan fingerprint density at radius 2 is 1.71 bits per heavy atom. The first kappa shape index (κ1) is 18.4. The minimum Gasteiger partial charge on any atom is -0.339 e. The molecule has 0 saturated carbocycles. The van der Waals surface area contributed by atoms with E-state index in [9.17, 15) is 9.59 Å². The minimum atomic E-state index is -0.533. The molecule has 1 saturated heterocycles. The van der Waals surface area contributed by atoms with E-state index in [1.54, 1.807) is 12.1 Å². The monoisotopic (exact) mass is 347 g/mol. The Bertz CT molecular complexity index is 631. The lowest BCUT2D eigenvalue weighted by Gasteiger charge is -2.27. The number of para-hydroxylation sites is 1. The van der Waals surface area contributed by atoms with E-state index in [1.807, 2.05) is 37.8 Å². The van der Waals surface area contributed by atoms with Crippen molar-refractivity contribution in [3.63, 3.8) is 0 Å². The molecule has 0 aromatic heterocycles. The lowest BCUT2D eigenvalue weighted by atomic mass is 9.96. The summed E-state index contributed by atoms with van der Waals surface area (Å²) in [5, 5.41) is 5.86. The Kier molecular flexibility index (Phi) is 5.94. The van der Waals surface area contributed by atoms with Gasteiger partial charge in [-0.1, -0.05) is 32.9 Å². The quantitative estimate of drug-likeness (QED) is 0.807. The van der Waals surface area contributed by atoms with Gasteiger partial charge in [0, 0.05) is 18.5 Å². The summed E-state index contributed by atoms with van der Waals surface area (Å²) in [6, 6.07) is 7.25. The number of piperidine rings is 1. The summed E-state index contributed by atoms with van der Waals surface area (Å²) in [5.74, 6) is -0.164. The molecule has 2 N–H and O–H groups in total. The fraction of sp³-hybridized carbons (Fsp3) is 0.500. The number of likely N-dealkylation sites (tertiary alicyclic amines) is 1. The van der Waals surface area contributed by atoms with Crippen molar-refractivity contribution in [3.05, 3.63) is 29.8 Å². The third-order valence-corrected chi connectivity index (χ3v) is 4.16. The highest BCUT2D eigenvalue weighted by molar-refractivity contribution is 7.80. The van der Waals surface area contributed by atoms with Gasteiger partial charge >= 0.3 is 0 Å². The second kappa shape index (κ2) is 7.75. The van der Waals surface area contributed by atoms with Crippen LogP contribution in [0.4, 0.5) is 5.69 Å². The van der Waals surface area contributed by atoms with E-state index >= 15 is 0 Å². The molecule has 0 spiro atoms. The van der Waals surface area contributed by atoms with Crippen LogP contribution in [0, 0.1) is 5.41 Å². The number of carbonyl (C=O) groups is 2. The van der Waals surface area contributed by atoms with Crippen molar-refractivity contribution in [1.29, 1.82) is 0 Å². The summed E-state index contributed by atoms with van der Waals surface area (Å²) in [6.07, 6.45) is 3.26. The molecule has 1 aliphatic rings. The molecule has 6 heteroatoms. The van der Waals surface area contributed by atoms with Gasteiger partial charge in [-0.3, -0.25) is 9.59 Å². The van der Waals surface area contributed by atoms with Gasteiger partial charge in [-0.25, -0.2) is 0 Å². The van der Waals surface area contributed by atoms with E-state index in [4.69, 9.17) is 12.2 Å². The largest absolute Gasteiger partial charge is 0.339 e. The van der Waals surface area contributed by atoms with Gasteiger partial charge in [0.25, 0.3) is 5.91 Å². The molecule has 0 atom stereocenters. The van der Waals surface area contributed by atoms with Gasteiger partial charge in [-0.05, 0) is 43.6 Å². The molecule has 2 amide bonds. The summed E-state index contributed by atoms with van der Waals surface area (Å²) in [4.78, 5) is 26.6. The standard InChI is InChI=1S/C18H25N3O2S/c1-18(2,3)16(23)20-17(24)19-14-10-6-5-9-13(14)15(22)21-11-7-4-8-12-21/h5-6,9-10H,4,7-8,11-12H2,1-3H3,(H2,19,20,23,24). The smallest absolute Gasteiger partial charge is 0.255 e. The van der Waals surface area contributed by atoms with Crippen LogP contribution in [0.5, 0.6) is 0 Å². The van der Waals surface area contributed by atoms with Crippen LogP contribution < -0.4 is 10.6 Å². The number of rotatable bonds is 2. The van der Waals surface area contributed by atoms with Crippen LogP contribution in [0.15, 0.2) is 24.3 Å². The fourth-order valence-electron chi connectivity index (χ4n) is 2.49. The molecule has 1 aromatic carbocycles. The van der Waals surface area contributed by atoms with Gasteiger partial charge in [-0.2, -0.15) is 0 Å². The third-order valence-electron chi connectivity index (χ3n) is 3.96. The van der Waals surface area contributed by atoms with Gasteiger partial charge < -0.3 is 15.5 Å². The SMILES string of the molecule is CC(C)(C)C(=O)NC(=S)Nc1ccccc1C(=O)N1CCCCC1. The van der Waals surface area contributed by atoms with E-state index < -0.39 is 5.41 Å². The van der Waals surface area contributed by atoms with Gasteiger partial charge in [0.05, 0.1) is 11.3 Å². The normalized spacial score (nSPS) is 14.9. The number of hydrogen-bond donors (Lipinski definition) is 2. The molecule has 5 nitrogen and oxygen atoms in total. The molecular weight excluding hydrogens is 322 g/mol. The maximum atomic E-state index is 12.7. The third kappa shape index (κ3) is 4.77. The van der Waals surface area contributed by atoms with Crippen LogP contribution >= 0.6 is 12.2 Å². The van der Waals surface area contributed by atoms with E-state index in [1.165, 1.54) is 6.42 Å². The summed E-state index contributed by atoms with van der Waals surface area (Å²) in [7, 11) is 0. The lowest BCUT2D eigenvalue weighted by molar-refractivity contribution is -0.126. The van der Waals surface area contributed by atoms with Crippen molar-refractivity contribution in [3.8, 4) is 0 Å². The van der Waals surface area contributed by atoms with Gasteiger partial charge in [0.2, 0.25) is 5.91 Å². The zero-order valence-electron chi connectivity index (χ0n) is 14.5. The second-order valence-electron chi connectivity index (χ2n) is 7.06. The van der Waals surface area contributed by atoms with Crippen LogP contribution in [0.1, 0.15) is 50.4 Å². The number of hydrogen-bond acceptors (Lipinski definition) is 3. The molecule has 130 valence electrons. The van der Waals surface area contributed by atoms with Crippen molar-refractivity contribution in [2.75, 3.05) is 18.4 Å². The van der Waals surface area contributed by atoms with Crippen molar-refractivity contribution in [2.24, 2.45) is 5.41 Å². The van der Waals surface area contributed by atoms with E-state index in [0.717, 1.165) is 25.9 Å². The molecule has 24 heavy (non-hydrogen) atoms. The van der Waals surface area contributed by atoms with Crippen molar-refractivity contribution in [1.82, 2.24) is 10.2 Å². The molecular formula is C18H25N3O2S. The Morgan fingerprint density at radius 3 is 2.33 bits per heavy atom. The maximum absolute atomic E-state index is 12.7. The number of thiocarbonyl (C=S) groups is 1. The highest BCUT2D eigenvalue weighted by Crippen LogP contribution is 2.20. The highest BCUT2D eigenvalue weighted by atomic mass is 32.1. The molecule has 1 heterocycles. The highest BCUT2D eigenvalue weighted by Gasteiger charge is 2.23. The molecule has 0 bridgehead atoms. The van der Waals surface area contributed by atoms with Gasteiger partial charge in [0.1, 0.15) is 0 Å². The first-order valence-electron chi connectivity index (χ1n) is 8.30. The molecule has 1 fully saturated rings. The number of benzene rings is 1. The average Bonchev–Trinajstić information content (AvgIpc) is 2.54. The summed E-state index contributed by atoms with van der Waals surface area (Å²) in [6.45, 7) is 7.03. The first-order valence-corrected chi connectivity index (χ1v) is 8.70. The summed E-state index contributed by atoms with van der Waals surface area (Å²) < 4.78 is 0. The van der Waals surface area contributed by atoms with Gasteiger partial charge in [0.15, 0.2) is 5.11 Å². The Balaban J connectivity index is 2.09. The average molecular weight is 347 g/mol. The Hall–Kier alpha value is -1.95. The van der Waals surface area contributed by atoms with E-state index in [-0.39, 0.29) is 16.9 Å². The molecule has 1 aromatic rings. The number of carbonyl (C=O) groups excluding carboxylic acids is 2. The first-order chi connectivity index (χ1) is 11.3. The number of amides is 2.